The Bertz CT molecular complexity index is 1440. The standard InChI is InChI=1S/C27H29N5O4S2/c1-4-7-31-24(30-10-8-29(3)9-11-30)19(17(2)20(14-28)25(31)33)13-23-26(34)32(27(37)38-23)15-18-5-6-21-22(12-18)36-16-35-21/h5-6,12-13H,4,7-11,15-16H2,1-3H3/b23-13-. The minimum Gasteiger partial charge on any atom is -0.454 e. The number of piperazine rings is 1. The van der Waals surface area contributed by atoms with Gasteiger partial charge in [0.05, 0.1) is 11.4 Å². The van der Waals surface area contributed by atoms with Crippen molar-refractivity contribution in [1.29, 1.82) is 5.26 Å². The summed E-state index contributed by atoms with van der Waals surface area (Å²) < 4.78 is 13.0. The molecule has 0 aliphatic carbocycles. The molecule has 0 saturated carbocycles. The van der Waals surface area contributed by atoms with E-state index in [2.05, 4.69) is 22.9 Å². The number of carbonyl (C=O) groups excluding carboxylic acids is 1. The van der Waals surface area contributed by atoms with Gasteiger partial charge in [0.2, 0.25) is 6.79 Å². The molecule has 0 radical (unpaired) electrons. The molecule has 3 aliphatic rings. The summed E-state index contributed by atoms with van der Waals surface area (Å²) in [5.41, 5.74) is 2.01. The molecular weight excluding hydrogens is 522 g/mol. The first-order valence-electron chi connectivity index (χ1n) is 12.6. The van der Waals surface area contributed by atoms with Crippen LogP contribution in [0.1, 0.15) is 35.6 Å². The Labute approximate surface area is 231 Å². The molecule has 9 nitrogen and oxygen atoms in total. The number of hydrogen-bond donors (Lipinski definition) is 0. The molecule has 198 valence electrons. The van der Waals surface area contributed by atoms with Gasteiger partial charge in [-0.3, -0.25) is 19.1 Å². The van der Waals surface area contributed by atoms with Gasteiger partial charge in [0.15, 0.2) is 11.5 Å². The van der Waals surface area contributed by atoms with Crippen molar-refractivity contribution >= 4 is 46.1 Å². The van der Waals surface area contributed by atoms with Crippen molar-refractivity contribution in [1.82, 2.24) is 14.4 Å². The van der Waals surface area contributed by atoms with Gasteiger partial charge in [-0.15, -0.1) is 0 Å². The van der Waals surface area contributed by atoms with Crippen molar-refractivity contribution in [3.8, 4) is 17.6 Å². The number of likely N-dealkylation sites (N-methyl/N-ethyl adjacent to an activating group) is 1. The molecule has 0 spiro atoms. The zero-order valence-electron chi connectivity index (χ0n) is 21.7. The van der Waals surface area contributed by atoms with E-state index in [1.165, 1.54) is 11.8 Å². The largest absolute Gasteiger partial charge is 0.454 e. The van der Waals surface area contributed by atoms with E-state index >= 15 is 0 Å². The highest BCUT2D eigenvalue weighted by Crippen LogP contribution is 2.38. The van der Waals surface area contributed by atoms with Gasteiger partial charge >= 0.3 is 0 Å². The molecule has 2 saturated heterocycles. The van der Waals surface area contributed by atoms with Crippen molar-refractivity contribution in [2.24, 2.45) is 0 Å². The number of anilines is 1. The maximum atomic E-state index is 13.6. The zero-order valence-corrected chi connectivity index (χ0v) is 23.3. The summed E-state index contributed by atoms with van der Waals surface area (Å²) in [5.74, 6) is 1.90. The van der Waals surface area contributed by atoms with Crippen LogP contribution in [0, 0.1) is 18.3 Å². The number of benzene rings is 1. The Kier molecular flexibility index (Phi) is 7.47. The second-order valence-corrected chi connectivity index (χ2v) is 11.2. The molecule has 1 aromatic carbocycles. The van der Waals surface area contributed by atoms with Crippen molar-refractivity contribution in [2.75, 3.05) is 44.9 Å². The van der Waals surface area contributed by atoms with Crippen LogP contribution in [-0.2, 0) is 17.9 Å². The molecule has 2 aromatic rings. The zero-order chi connectivity index (χ0) is 27.0. The first-order chi connectivity index (χ1) is 18.3. The summed E-state index contributed by atoms with van der Waals surface area (Å²) in [6.45, 7) is 7.98. The predicted molar refractivity (Wildman–Crippen MR) is 151 cm³/mol. The molecular formula is C27H29N5O4S2. The fraction of sp³-hybridized carbons (Fsp3) is 0.407. The molecule has 1 amide bonds. The average molecular weight is 552 g/mol. The lowest BCUT2D eigenvalue weighted by atomic mass is 10.0. The van der Waals surface area contributed by atoms with Gasteiger partial charge < -0.3 is 19.3 Å². The lowest BCUT2D eigenvalue weighted by Gasteiger charge is -2.36. The Morgan fingerprint density at radius 1 is 1.16 bits per heavy atom. The number of fused-ring (bicyclic) bond motifs is 1. The Morgan fingerprint density at radius 3 is 2.61 bits per heavy atom. The van der Waals surface area contributed by atoms with E-state index in [0.29, 0.717) is 39.4 Å². The Balaban J connectivity index is 1.55. The first-order valence-corrected chi connectivity index (χ1v) is 13.8. The highest BCUT2D eigenvalue weighted by atomic mass is 32.2. The Hall–Kier alpha value is -3.33. The molecule has 4 heterocycles. The van der Waals surface area contributed by atoms with E-state index in [1.54, 1.807) is 16.4 Å². The van der Waals surface area contributed by atoms with E-state index < -0.39 is 0 Å². The van der Waals surface area contributed by atoms with Crippen molar-refractivity contribution in [3.63, 3.8) is 0 Å². The molecule has 3 aliphatic heterocycles. The number of nitrogens with zero attached hydrogens (tertiary/aromatic N) is 5. The summed E-state index contributed by atoms with van der Waals surface area (Å²) in [4.78, 5) is 33.4. The smallest absolute Gasteiger partial charge is 0.270 e. The highest BCUT2D eigenvalue weighted by Gasteiger charge is 2.34. The van der Waals surface area contributed by atoms with Crippen LogP contribution in [0.5, 0.6) is 11.5 Å². The van der Waals surface area contributed by atoms with Crippen LogP contribution in [0.15, 0.2) is 27.9 Å². The number of pyridine rings is 1. The summed E-state index contributed by atoms with van der Waals surface area (Å²) >= 11 is 6.84. The monoisotopic (exact) mass is 551 g/mol. The molecule has 11 heteroatoms. The third kappa shape index (κ3) is 4.79. The third-order valence-electron chi connectivity index (χ3n) is 7.02. The van der Waals surface area contributed by atoms with Gasteiger partial charge in [0.25, 0.3) is 11.5 Å². The SMILES string of the molecule is CCCn1c(N2CCN(C)CC2)c(/C=C2\SC(=S)N(Cc3ccc4c(c3)OCO4)C2=O)c(C)c(C#N)c1=O. The van der Waals surface area contributed by atoms with Crippen LogP contribution in [0.4, 0.5) is 5.82 Å². The average Bonchev–Trinajstić information content (AvgIpc) is 3.47. The number of ether oxygens (including phenoxy) is 2. The van der Waals surface area contributed by atoms with E-state index in [0.717, 1.165) is 49.5 Å². The third-order valence-corrected chi connectivity index (χ3v) is 8.40. The fourth-order valence-electron chi connectivity index (χ4n) is 4.92. The summed E-state index contributed by atoms with van der Waals surface area (Å²) in [7, 11) is 2.08. The van der Waals surface area contributed by atoms with Gasteiger partial charge in [-0.05, 0) is 49.7 Å². The molecule has 1 aromatic heterocycles. The van der Waals surface area contributed by atoms with Crippen LogP contribution < -0.4 is 19.9 Å². The fourth-order valence-corrected chi connectivity index (χ4v) is 6.16. The maximum Gasteiger partial charge on any atom is 0.270 e. The quantitative estimate of drug-likeness (QED) is 0.396. The van der Waals surface area contributed by atoms with Crippen molar-refractivity contribution in [3.05, 3.63) is 55.7 Å². The maximum absolute atomic E-state index is 13.6. The lowest BCUT2D eigenvalue weighted by Crippen LogP contribution is -2.47. The summed E-state index contributed by atoms with van der Waals surface area (Å²) in [5, 5.41) is 9.86. The van der Waals surface area contributed by atoms with Gasteiger partial charge in [-0.25, -0.2) is 0 Å². The van der Waals surface area contributed by atoms with Crippen LogP contribution in [0.3, 0.4) is 0 Å². The van der Waals surface area contributed by atoms with Gasteiger partial charge in [-0.1, -0.05) is 37.0 Å². The number of thioether (sulfide) groups is 1. The number of aromatic nitrogens is 1. The number of carbonyl (C=O) groups is 1. The van der Waals surface area contributed by atoms with E-state index in [-0.39, 0.29) is 23.8 Å². The molecule has 0 N–H and O–H groups in total. The topological polar surface area (TPSA) is 91.0 Å². The predicted octanol–water partition coefficient (Wildman–Crippen LogP) is 3.32. The van der Waals surface area contributed by atoms with E-state index in [4.69, 9.17) is 21.7 Å². The molecule has 38 heavy (non-hydrogen) atoms. The number of amides is 1. The molecule has 0 unspecified atom stereocenters. The van der Waals surface area contributed by atoms with Crippen molar-refractivity contribution < 1.29 is 14.3 Å². The summed E-state index contributed by atoms with van der Waals surface area (Å²) in [6.07, 6.45) is 2.56. The molecule has 0 bridgehead atoms. The number of thiocarbonyl (C=S) groups is 1. The molecule has 0 atom stereocenters. The van der Waals surface area contributed by atoms with Gasteiger partial charge in [0.1, 0.15) is 21.8 Å². The van der Waals surface area contributed by atoms with Crippen LogP contribution in [0.25, 0.3) is 6.08 Å². The number of nitriles is 1. The number of hydrogen-bond acceptors (Lipinski definition) is 9. The second-order valence-electron chi connectivity index (χ2n) is 9.55. The normalized spacial score (nSPS) is 18.5. The van der Waals surface area contributed by atoms with Crippen LogP contribution >= 0.6 is 24.0 Å². The van der Waals surface area contributed by atoms with E-state index in [9.17, 15) is 14.9 Å². The summed E-state index contributed by atoms with van der Waals surface area (Å²) in [6, 6.07) is 7.69. The second kappa shape index (κ2) is 10.8. The highest BCUT2D eigenvalue weighted by molar-refractivity contribution is 8.26. The van der Waals surface area contributed by atoms with E-state index in [1.807, 2.05) is 31.2 Å². The minimum atomic E-state index is -0.284. The van der Waals surface area contributed by atoms with Gasteiger partial charge in [0, 0.05) is 38.3 Å². The number of rotatable bonds is 6. The van der Waals surface area contributed by atoms with Crippen LogP contribution in [-0.4, -0.2) is 64.6 Å². The van der Waals surface area contributed by atoms with Gasteiger partial charge in [-0.2, -0.15) is 5.26 Å². The Morgan fingerprint density at radius 2 is 1.89 bits per heavy atom. The molecule has 2 fully saturated rings. The minimum absolute atomic E-state index is 0.110. The van der Waals surface area contributed by atoms with Crippen LogP contribution in [0.2, 0.25) is 0 Å². The lowest BCUT2D eigenvalue weighted by molar-refractivity contribution is -0.122. The van der Waals surface area contributed by atoms with Crippen molar-refractivity contribution in [2.45, 2.75) is 33.4 Å². The first kappa shape index (κ1) is 26.3. The molecule has 5 rings (SSSR count).